The van der Waals surface area contributed by atoms with Crippen LogP contribution in [0.15, 0.2) is 47.6 Å². The van der Waals surface area contributed by atoms with Gasteiger partial charge in [0.2, 0.25) is 0 Å². The summed E-state index contributed by atoms with van der Waals surface area (Å²) in [5.41, 5.74) is -0.881. The van der Waals surface area contributed by atoms with E-state index in [-0.39, 0.29) is 6.61 Å². The maximum absolute atomic E-state index is 12.8. The number of alkyl halides is 3. The summed E-state index contributed by atoms with van der Waals surface area (Å²) in [5.74, 6) is -0.602. The Morgan fingerprint density at radius 2 is 1.87 bits per heavy atom. The number of rotatable bonds is 5. The quantitative estimate of drug-likeness (QED) is 0.676. The third-order valence-corrected chi connectivity index (χ3v) is 3.08. The van der Waals surface area contributed by atoms with Crippen LogP contribution in [0.3, 0.4) is 0 Å². The molecule has 0 saturated heterocycles. The van der Waals surface area contributed by atoms with Crippen molar-refractivity contribution in [3.05, 3.63) is 48.0 Å². The van der Waals surface area contributed by atoms with E-state index in [0.717, 1.165) is 5.39 Å². The summed E-state index contributed by atoms with van der Waals surface area (Å²) in [6, 6.07) is 12.2. The number of hydrogen-bond donors (Lipinski definition) is 1. The van der Waals surface area contributed by atoms with Gasteiger partial charge in [0.15, 0.2) is 5.71 Å². The van der Waals surface area contributed by atoms with E-state index in [1.165, 1.54) is 6.92 Å². The first kappa shape index (κ1) is 16.8. The molecule has 0 spiro atoms. The van der Waals surface area contributed by atoms with E-state index >= 15 is 0 Å². The highest BCUT2D eigenvalue weighted by Gasteiger charge is 2.36. The Bertz CT molecular complexity index is 721. The zero-order valence-electron chi connectivity index (χ0n) is 12.4. The monoisotopic (exact) mass is 324 g/mol. The number of amides is 1. The fraction of sp³-hybridized carbons (Fsp3) is 0.250. The van der Waals surface area contributed by atoms with Crippen LogP contribution in [0.1, 0.15) is 17.3 Å². The number of carbonyl (C=O) groups excluding carboxylic acids is 1. The first-order valence-electron chi connectivity index (χ1n) is 6.95. The molecule has 4 nitrogen and oxygen atoms in total. The molecule has 1 amide bonds. The molecule has 0 saturated carbocycles. The number of halogens is 3. The molecule has 1 N–H and O–H groups in total. The van der Waals surface area contributed by atoms with Gasteiger partial charge in [-0.2, -0.15) is 13.2 Å². The van der Waals surface area contributed by atoms with E-state index in [2.05, 4.69) is 15.3 Å². The average molecular weight is 324 g/mol. The Kier molecular flexibility index (Phi) is 5.20. The van der Waals surface area contributed by atoms with Crippen LogP contribution in [0.25, 0.3) is 10.8 Å². The molecule has 0 bridgehead atoms. The molecular weight excluding hydrogens is 309 g/mol. The third kappa shape index (κ3) is 4.21. The van der Waals surface area contributed by atoms with Crippen LogP contribution >= 0.6 is 0 Å². The van der Waals surface area contributed by atoms with Gasteiger partial charge in [0.05, 0.1) is 6.54 Å². The number of hydrogen-bond acceptors (Lipinski definition) is 3. The highest BCUT2D eigenvalue weighted by Crippen LogP contribution is 2.19. The third-order valence-electron chi connectivity index (χ3n) is 3.08. The minimum Gasteiger partial charge on any atom is -0.396 e. The van der Waals surface area contributed by atoms with Crippen LogP contribution in [-0.4, -0.2) is 30.9 Å². The number of carbonyl (C=O) groups is 1. The van der Waals surface area contributed by atoms with Crippen molar-refractivity contribution in [2.75, 3.05) is 13.2 Å². The topological polar surface area (TPSA) is 50.7 Å². The van der Waals surface area contributed by atoms with Crippen molar-refractivity contribution < 1.29 is 22.8 Å². The summed E-state index contributed by atoms with van der Waals surface area (Å²) in [6.07, 6.45) is -4.67. The highest BCUT2D eigenvalue weighted by atomic mass is 19.4. The van der Waals surface area contributed by atoms with Gasteiger partial charge < -0.3 is 10.2 Å². The smallest absolute Gasteiger partial charge is 0.396 e. The van der Waals surface area contributed by atoms with Crippen molar-refractivity contribution in [3.63, 3.8) is 0 Å². The van der Waals surface area contributed by atoms with E-state index in [1.54, 1.807) is 24.3 Å². The maximum atomic E-state index is 12.8. The fourth-order valence-corrected chi connectivity index (χ4v) is 2.01. The van der Waals surface area contributed by atoms with Crippen molar-refractivity contribution in [1.29, 1.82) is 0 Å². The first-order valence-corrected chi connectivity index (χ1v) is 6.95. The molecule has 2 aromatic carbocycles. The van der Waals surface area contributed by atoms with Gasteiger partial charge in [-0.05, 0) is 23.8 Å². The summed E-state index contributed by atoms with van der Waals surface area (Å²) in [6.45, 7) is 0.772. The van der Waals surface area contributed by atoms with Gasteiger partial charge in [-0.25, -0.2) is 0 Å². The zero-order chi connectivity index (χ0) is 16.9. The summed E-state index contributed by atoms with van der Waals surface area (Å²) in [5, 5.41) is 6.76. The molecule has 2 rings (SSSR count). The minimum atomic E-state index is -4.67. The molecular formula is C16H15F3N2O2. The molecule has 0 unspecified atom stereocenters. The number of benzene rings is 2. The average Bonchev–Trinajstić information content (AvgIpc) is 2.52. The molecule has 0 aliphatic heterocycles. The molecule has 0 heterocycles. The van der Waals surface area contributed by atoms with Crippen molar-refractivity contribution >= 4 is 22.4 Å². The van der Waals surface area contributed by atoms with Crippen LogP contribution < -0.4 is 5.32 Å². The summed E-state index contributed by atoms with van der Waals surface area (Å²) in [7, 11) is 0. The second kappa shape index (κ2) is 7.13. The lowest BCUT2D eigenvalue weighted by Gasteiger charge is -2.12. The van der Waals surface area contributed by atoms with Crippen LogP contribution in [0.5, 0.6) is 0 Å². The van der Waals surface area contributed by atoms with Gasteiger partial charge in [0.1, 0.15) is 6.61 Å². The van der Waals surface area contributed by atoms with E-state index in [9.17, 15) is 18.0 Å². The summed E-state index contributed by atoms with van der Waals surface area (Å²) < 4.78 is 38.4. The maximum Gasteiger partial charge on any atom is 0.434 e. The van der Waals surface area contributed by atoms with Crippen LogP contribution in [0.4, 0.5) is 13.2 Å². The molecule has 0 fully saturated rings. The van der Waals surface area contributed by atoms with E-state index in [4.69, 9.17) is 0 Å². The van der Waals surface area contributed by atoms with Crippen LogP contribution in [0, 0.1) is 0 Å². The Balaban J connectivity index is 2.18. The highest BCUT2D eigenvalue weighted by molar-refractivity contribution is 6.08. The Morgan fingerprint density at radius 3 is 2.57 bits per heavy atom. The molecule has 0 aliphatic carbocycles. The van der Waals surface area contributed by atoms with Crippen molar-refractivity contribution in [2.45, 2.75) is 13.1 Å². The summed E-state index contributed by atoms with van der Waals surface area (Å²) >= 11 is 0. The number of nitrogens with one attached hydrogen (secondary N) is 1. The minimum absolute atomic E-state index is 0.0108. The molecule has 23 heavy (non-hydrogen) atoms. The standard InChI is InChI=1S/C16H15F3N2O2/c1-2-23-21-14(16(17,18)19)10-20-15(22)13-9-5-7-11-6-3-4-8-12(11)13/h3-9H,2,10H2,1H3,(H,20,22). The lowest BCUT2D eigenvalue weighted by molar-refractivity contribution is -0.0633. The number of nitrogens with zero attached hydrogens (tertiary/aromatic N) is 1. The second-order valence-corrected chi connectivity index (χ2v) is 4.66. The van der Waals surface area contributed by atoms with Gasteiger partial charge in [-0.1, -0.05) is 41.6 Å². The normalized spacial score (nSPS) is 12.3. The fourth-order valence-electron chi connectivity index (χ4n) is 2.01. The lowest BCUT2D eigenvalue weighted by atomic mass is 10.0. The second-order valence-electron chi connectivity index (χ2n) is 4.66. The van der Waals surface area contributed by atoms with Crippen LogP contribution in [0.2, 0.25) is 0 Å². The van der Waals surface area contributed by atoms with E-state index in [0.29, 0.717) is 10.9 Å². The van der Waals surface area contributed by atoms with Gasteiger partial charge >= 0.3 is 6.18 Å². The zero-order valence-corrected chi connectivity index (χ0v) is 12.4. The van der Waals surface area contributed by atoms with Gasteiger partial charge in [-0.3, -0.25) is 4.79 Å². The predicted octanol–water partition coefficient (Wildman–Crippen LogP) is 3.52. The van der Waals surface area contributed by atoms with Gasteiger partial charge in [0, 0.05) is 5.56 Å². The molecule has 0 aromatic heterocycles. The number of oxime groups is 1. The van der Waals surface area contributed by atoms with Crippen LogP contribution in [-0.2, 0) is 4.84 Å². The predicted molar refractivity (Wildman–Crippen MR) is 81.4 cm³/mol. The Morgan fingerprint density at radius 1 is 1.17 bits per heavy atom. The molecule has 122 valence electrons. The first-order chi connectivity index (χ1) is 10.9. The molecule has 7 heteroatoms. The van der Waals surface area contributed by atoms with Gasteiger partial charge in [0.25, 0.3) is 5.91 Å². The van der Waals surface area contributed by atoms with E-state index < -0.39 is 24.3 Å². The molecule has 2 aromatic rings. The molecule has 0 aliphatic rings. The Hall–Kier alpha value is -2.57. The SMILES string of the molecule is CCON=C(CNC(=O)c1cccc2ccccc12)C(F)(F)F. The lowest BCUT2D eigenvalue weighted by Crippen LogP contribution is -2.37. The Labute approximate surface area is 130 Å². The van der Waals surface area contributed by atoms with Crippen molar-refractivity contribution in [1.82, 2.24) is 5.32 Å². The van der Waals surface area contributed by atoms with E-state index in [1.807, 2.05) is 18.2 Å². The van der Waals surface area contributed by atoms with Crippen molar-refractivity contribution in [2.24, 2.45) is 5.16 Å². The number of fused-ring (bicyclic) bond motifs is 1. The summed E-state index contributed by atoms with van der Waals surface area (Å²) in [4.78, 5) is 16.6. The largest absolute Gasteiger partial charge is 0.434 e. The molecule has 0 radical (unpaired) electrons. The molecule has 0 atom stereocenters. The van der Waals surface area contributed by atoms with Gasteiger partial charge in [-0.15, -0.1) is 0 Å². The van der Waals surface area contributed by atoms with Crippen molar-refractivity contribution in [3.8, 4) is 0 Å².